The molecule has 1 aromatic carbocycles. The summed E-state index contributed by atoms with van der Waals surface area (Å²) in [7, 11) is 0. The number of rotatable bonds is 1. The molecule has 0 atom stereocenters. The van der Waals surface area contributed by atoms with Gasteiger partial charge in [0, 0.05) is 24.5 Å². The highest BCUT2D eigenvalue weighted by atomic mass is 16.5. The molecule has 0 spiro atoms. The number of aromatic nitrogens is 1. The first-order chi connectivity index (χ1) is 7.93. The first-order valence-corrected chi connectivity index (χ1v) is 5.04. The molecule has 0 radical (unpaired) electrons. The molecule has 0 fully saturated rings. The van der Waals surface area contributed by atoms with Crippen molar-refractivity contribution in [2.75, 3.05) is 0 Å². The van der Waals surface area contributed by atoms with E-state index in [0.29, 0.717) is 5.82 Å². The van der Waals surface area contributed by atoms with Crippen LogP contribution in [-0.2, 0) is 0 Å². The molecule has 0 amide bonds. The SMILES string of the molecule is C1=CC(=Nc2noc3ccccc23)CC=N1. The quantitative estimate of drug-likeness (QED) is 0.728. The van der Waals surface area contributed by atoms with E-state index in [0.717, 1.165) is 23.1 Å². The number of benzene rings is 1. The van der Waals surface area contributed by atoms with Gasteiger partial charge in [0.25, 0.3) is 0 Å². The van der Waals surface area contributed by atoms with Crippen molar-refractivity contribution in [2.45, 2.75) is 6.42 Å². The van der Waals surface area contributed by atoms with Crippen molar-refractivity contribution < 1.29 is 4.52 Å². The Hall–Kier alpha value is -2.23. The van der Waals surface area contributed by atoms with Gasteiger partial charge in [-0.2, -0.15) is 0 Å². The molecular formula is C12H9N3O. The second-order valence-corrected chi connectivity index (χ2v) is 3.46. The highest BCUT2D eigenvalue weighted by Gasteiger charge is 2.06. The molecule has 0 N–H and O–H groups in total. The van der Waals surface area contributed by atoms with Crippen LogP contribution in [0.3, 0.4) is 0 Å². The lowest BCUT2D eigenvalue weighted by atomic mass is 10.2. The standard InChI is InChI=1S/C12H9N3O/c1-2-4-11-10(3-1)12(15-16-11)14-9-5-7-13-8-6-9/h1-5,7-8H,6H2. The van der Waals surface area contributed by atoms with Crippen molar-refractivity contribution in [3.63, 3.8) is 0 Å². The van der Waals surface area contributed by atoms with Gasteiger partial charge in [-0.25, -0.2) is 4.99 Å². The molecule has 0 saturated heterocycles. The lowest BCUT2D eigenvalue weighted by Crippen LogP contribution is -1.97. The van der Waals surface area contributed by atoms with E-state index in [1.165, 1.54) is 0 Å². The van der Waals surface area contributed by atoms with Crippen LogP contribution in [0.2, 0.25) is 0 Å². The van der Waals surface area contributed by atoms with E-state index in [2.05, 4.69) is 15.1 Å². The number of aliphatic imine (C=N–C) groups is 2. The molecule has 4 heteroatoms. The van der Waals surface area contributed by atoms with Crippen LogP contribution in [0.25, 0.3) is 11.0 Å². The van der Waals surface area contributed by atoms with Crippen molar-refractivity contribution in [3.05, 3.63) is 36.5 Å². The fraction of sp³-hybridized carbons (Fsp3) is 0.0833. The Bertz CT molecular complexity index is 608. The molecule has 3 rings (SSSR count). The van der Waals surface area contributed by atoms with Crippen LogP contribution in [0.15, 0.2) is 51.0 Å². The van der Waals surface area contributed by atoms with Crippen LogP contribution < -0.4 is 0 Å². The number of allylic oxidation sites excluding steroid dienone is 1. The molecule has 4 nitrogen and oxygen atoms in total. The summed E-state index contributed by atoms with van der Waals surface area (Å²) in [6.07, 6.45) is 6.16. The number of hydrogen-bond donors (Lipinski definition) is 0. The molecule has 0 unspecified atom stereocenters. The molecule has 0 saturated carbocycles. The lowest BCUT2D eigenvalue weighted by molar-refractivity contribution is 0.459. The van der Waals surface area contributed by atoms with Crippen LogP contribution >= 0.6 is 0 Å². The molecule has 1 aromatic heterocycles. The van der Waals surface area contributed by atoms with Crippen molar-refractivity contribution in [1.82, 2.24) is 5.16 Å². The Morgan fingerprint density at radius 1 is 1.25 bits per heavy atom. The average Bonchev–Trinajstić information content (AvgIpc) is 2.74. The van der Waals surface area contributed by atoms with Crippen molar-refractivity contribution in [2.24, 2.45) is 9.98 Å². The third-order valence-corrected chi connectivity index (χ3v) is 2.37. The largest absolute Gasteiger partial charge is 0.354 e. The van der Waals surface area contributed by atoms with Crippen LogP contribution in [-0.4, -0.2) is 17.1 Å². The summed E-state index contributed by atoms with van der Waals surface area (Å²) in [5.41, 5.74) is 1.70. The second kappa shape index (κ2) is 3.73. The Morgan fingerprint density at radius 2 is 2.19 bits per heavy atom. The van der Waals surface area contributed by atoms with E-state index in [4.69, 9.17) is 4.52 Å². The molecule has 78 valence electrons. The molecular weight excluding hydrogens is 202 g/mol. The Morgan fingerprint density at radius 3 is 3.06 bits per heavy atom. The van der Waals surface area contributed by atoms with E-state index >= 15 is 0 Å². The highest BCUT2D eigenvalue weighted by molar-refractivity contribution is 6.06. The zero-order valence-electron chi connectivity index (χ0n) is 8.50. The maximum Gasteiger partial charge on any atom is 0.203 e. The Labute approximate surface area is 92.0 Å². The molecule has 0 aliphatic carbocycles. The summed E-state index contributed by atoms with van der Waals surface area (Å²) in [5.74, 6) is 0.630. The van der Waals surface area contributed by atoms with Gasteiger partial charge in [-0.15, -0.1) is 0 Å². The fourth-order valence-electron chi connectivity index (χ4n) is 1.58. The maximum absolute atomic E-state index is 5.18. The van der Waals surface area contributed by atoms with Crippen molar-refractivity contribution in [3.8, 4) is 0 Å². The molecule has 1 aliphatic heterocycles. The van der Waals surface area contributed by atoms with Gasteiger partial charge >= 0.3 is 0 Å². The van der Waals surface area contributed by atoms with Gasteiger partial charge in [0.2, 0.25) is 5.82 Å². The Balaban J connectivity index is 2.07. The summed E-state index contributed by atoms with van der Waals surface area (Å²) >= 11 is 0. The zero-order chi connectivity index (χ0) is 10.8. The van der Waals surface area contributed by atoms with E-state index in [9.17, 15) is 0 Å². The van der Waals surface area contributed by atoms with Crippen molar-refractivity contribution >= 4 is 28.7 Å². The number of para-hydroxylation sites is 1. The summed E-state index contributed by atoms with van der Waals surface area (Å²) < 4.78 is 5.18. The minimum atomic E-state index is 0.630. The monoisotopic (exact) mass is 211 g/mol. The first kappa shape index (κ1) is 9.03. The third-order valence-electron chi connectivity index (χ3n) is 2.37. The van der Waals surface area contributed by atoms with E-state index in [1.807, 2.05) is 36.6 Å². The minimum Gasteiger partial charge on any atom is -0.354 e. The third kappa shape index (κ3) is 1.54. The van der Waals surface area contributed by atoms with Crippen LogP contribution in [0.4, 0.5) is 5.82 Å². The van der Waals surface area contributed by atoms with E-state index in [1.54, 1.807) is 6.20 Å². The second-order valence-electron chi connectivity index (χ2n) is 3.46. The van der Waals surface area contributed by atoms with Gasteiger partial charge in [0.05, 0.1) is 5.39 Å². The van der Waals surface area contributed by atoms with Gasteiger partial charge < -0.3 is 4.52 Å². The summed E-state index contributed by atoms with van der Waals surface area (Å²) in [6.45, 7) is 0. The van der Waals surface area contributed by atoms with Crippen LogP contribution in [0, 0.1) is 0 Å². The smallest absolute Gasteiger partial charge is 0.203 e. The zero-order valence-corrected chi connectivity index (χ0v) is 8.50. The molecule has 2 aromatic rings. The van der Waals surface area contributed by atoms with Crippen LogP contribution in [0.5, 0.6) is 0 Å². The number of fused-ring (bicyclic) bond motifs is 1. The molecule has 1 aliphatic rings. The van der Waals surface area contributed by atoms with Gasteiger partial charge in [-0.1, -0.05) is 17.3 Å². The van der Waals surface area contributed by atoms with Gasteiger partial charge in [-0.05, 0) is 18.2 Å². The van der Waals surface area contributed by atoms with Gasteiger partial charge in [0.15, 0.2) is 5.58 Å². The summed E-state index contributed by atoms with van der Waals surface area (Å²) in [6, 6.07) is 7.69. The van der Waals surface area contributed by atoms with E-state index in [-0.39, 0.29) is 0 Å². The fourth-order valence-corrected chi connectivity index (χ4v) is 1.58. The number of nitrogens with zero attached hydrogens (tertiary/aromatic N) is 3. The van der Waals surface area contributed by atoms with Crippen molar-refractivity contribution in [1.29, 1.82) is 0 Å². The highest BCUT2D eigenvalue weighted by Crippen LogP contribution is 2.25. The normalized spacial score (nSPS) is 17.4. The summed E-state index contributed by atoms with van der Waals surface area (Å²) in [5, 5.41) is 4.88. The minimum absolute atomic E-state index is 0.630. The molecule has 16 heavy (non-hydrogen) atoms. The number of hydrogen-bond acceptors (Lipinski definition) is 4. The maximum atomic E-state index is 5.18. The van der Waals surface area contributed by atoms with E-state index < -0.39 is 0 Å². The molecule has 0 bridgehead atoms. The average molecular weight is 211 g/mol. The predicted octanol–water partition coefficient (Wildman–Crippen LogP) is 2.89. The Kier molecular flexibility index (Phi) is 2.11. The van der Waals surface area contributed by atoms with Crippen LogP contribution in [0.1, 0.15) is 6.42 Å². The predicted molar refractivity (Wildman–Crippen MR) is 63.4 cm³/mol. The van der Waals surface area contributed by atoms with Gasteiger partial charge in [0.1, 0.15) is 0 Å². The molecule has 2 heterocycles. The first-order valence-electron chi connectivity index (χ1n) is 5.04. The lowest BCUT2D eigenvalue weighted by Gasteiger charge is -1.98. The summed E-state index contributed by atoms with van der Waals surface area (Å²) in [4.78, 5) is 8.43. The topological polar surface area (TPSA) is 50.8 Å². The van der Waals surface area contributed by atoms with Gasteiger partial charge in [-0.3, -0.25) is 4.99 Å².